The average molecular weight is 293 g/mol. The maximum absolute atomic E-state index is 8.87. The van der Waals surface area contributed by atoms with Gasteiger partial charge in [0, 0.05) is 22.8 Å². The fraction of sp³-hybridized carbons (Fsp3) is 0. The molecular weight excluding hydrogens is 278 g/mol. The molecule has 3 aromatic carbocycles. The fourth-order valence-electron chi connectivity index (χ4n) is 1.71. The Kier molecular flexibility index (Phi) is 6.69. The minimum atomic E-state index is 0. The predicted molar refractivity (Wildman–Crippen MR) is 74.9 cm³/mol. The van der Waals surface area contributed by atoms with Gasteiger partial charge in [-0.15, -0.1) is 18.2 Å². The largest absolute Gasteiger partial charge is 0.748 e. The predicted octanol–water partition coefficient (Wildman–Crippen LogP) is 4.28. The summed E-state index contributed by atoms with van der Waals surface area (Å²) < 4.78 is 0. The van der Waals surface area contributed by atoms with Gasteiger partial charge in [0.15, 0.2) is 0 Å². The van der Waals surface area contributed by atoms with Crippen LogP contribution in [-0.4, -0.2) is 5.21 Å². The van der Waals surface area contributed by atoms with Crippen LogP contribution >= 0.6 is 0 Å². The molecule has 3 aromatic rings. The molecule has 0 spiro atoms. The van der Waals surface area contributed by atoms with Crippen molar-refractivity contribution < 1.29 is 22.3 Å². The summed E-state index contributed by atoms with van der Waals surface area (Å²) in [4.78, 5) is 0. The normalized spacial score (nSPS) is 8.89. The summed E-state index contributed by atoms with van der Waals surface area (Å²) in [6.07, 6.45) is 0. The zero-order chi connectivity index (χ0) is 12.6. The van der Waals surface area contributed by atoms with Gasteiger partial charge in [-0.05, 0) is 0 Å². The standard InChI is InChI=1S/C11H10NO.C5H5.Fe/c13-12-11-8-4-3-7-10(11)9-5-1-2-6-9;1-2-4-5-3-1;/h1-8,12-13H;1-5H;/q-1;-5;. The van der Waals surface area contributed by atoms with Crippen LogP contribution in [0.15, 0.2) is 78.9 Å². The van der Waals surface area contributed by atoms with E-state index in [-0.39, 0.29) is 17.1 Å². The van der Waals surface area contributed by atoms with E-state index in [4.69, 9.17) is 5.21 Å². The Morgan fingerprint density at radius 2 is 1.37 bits per heavy atom. The minimum absolute atomic E-state index is 0. The van der Waals surface area contributed by atoms with Gasteiger partial charge in [0.25, 0.3) is 0 Å². The van der Waals surface area contributed by atoms with Gasteiger partial charge in [0.05, 0.1) is 0 Å². The monoisotopic (exact) mass is 293 g/mol. The molecule has 0 fully saturated rings. The molecule has 0 radical (unpaired) electrons. The van der Waals surface area contributed by atoms with Crippen LogP contribution in [0, 0.1) is 0 Å². The number of hydrogen-bond donors (Lipinski definition) is 2. The topological polar surface area (TPSA) is 32.3 Å². The third-order valence-corrected chi connectivity index (χ3v) is 2.58. The summed E-state index contributed by atoms with van der Waals surface area (Å²) >= 11 is 0. The van der Waals surface area contributed by atoms with Crippen LogP contribution in [0.25, 0.3) is 11.1 Å². The van der Waals surface area contributed by atoms with Crippen LogP contribution in [0.3, 0.4) is 0 Å². The van der Waals surface area contributed by atoms with Gasteiger partial charge in [0.2, 0.25) is 0 Å². The summed E-state index contributed by atoms with van der Waals surface area (Å²) in [5.74, 6) is 0. The summed E-state index contributed by atoms with van der Waals surface area (Å²) in [5, 5.41) is 8.87. The molecule has 0 amide bonds. The van der Waals surface area contributed by atoms with Gasteiger partial charge in [0.1, 0.15) is 0 Å². The molecule has 0 saturated carbocycles. The first-order chi connectivity index (χ1) is 8.92. The third kappa shape index (κ3) is 4.41. The molecule has 0 aliphatic carbocycles. The van der Waals surface area contributed by atoms with Gasteiger partial charge in [-0.25, -0.2) is 0 Å². The summed E-state index contributed by atoms with van der Waals surface area (Å²) in [5.41, 5.74) is 5.03. The van der Waals surface area contributed by atoms with Gasteiger partial charge in [-0.3, -0.25) is 5.21 Å². The van der Waals surface area contributed by atoms with E-state index >= 15 is 0 Å². The van der Waals surface area contributed by atoms with E-state index in [9.17, 15) is 0 Å². The van der Waals surface area contributed by atoms with Gasteiger partial charge < -0.3 is 35.8 Å². The molecule has 2 nitrogen and oxygen atoms in total. The van der Waals surface area contributed by atoms with Crippen LogP contribution in [0.2, 0.25) is 0 Å². The second-order valence-electron chi connectivity index (χ2n) is 3.79. The van der Waals surface area contributed by atoms with Crippen LogP contribution in [0.4, 0.5) is 5.69 Å². The maximum Gasteiger partial charge on any atom is 0.00332 e. The van der Waals surface area contributed by atoms with E-state index in [0.29, 0.717) is 0 Å². The van der Waals surface area contributed by atoms with Crippen LogP contribution in [0.1, 0.15) is 0 Å². The van der Waals surface area contributed by atoms with Crippen LogP contribution < -0.4 is 5.48 Å². The SMILES string of the molecule is ONc1ccccc1-[c-]1cccc1.[Fe].[cH-]1[cH-][cH-][cH-][cH-]1. The Hall–Kier alpha value is -1.80. The molecule has 0 aromatic heterocycles. The van der Waals surface area contributed by atoms with Crippen molar-refractivity contribution in [2.45, 2.75) is 0 Å². The molecular formula is C16H15FeNO-6. The van der Waals surface area contributed by atoms with E-state index < -0.39 is 0 Å². The minimum Gasteiger partial charge on any atom is -0.748 e. The van der Waals surface area contributed by atoms with E-state index in [2.05, 4.69) is 5.48 Å². The van der Waals surface area contributed by atoms with Crippen molar-refractivity contribution in [1.29, 1.82) is 0 Å². The first-order valence-corrected chi connectivity index (χ1v) is 5.79. The van der Waals surface area contributed by atoms with Crippen LogP contribution in [0.5, 0.6) is 0 Å². The van der Waals surface area contributed by atoms with E-state index in [0.717, 1.165) is 16.8 Å². The molecule has 0 atom stereocenters. The number of anilines is 1. The van der Waals surface area contributed by atoms with E-state index in [1.165, 1.54) is 0 Å². The molecule has 0 aliphatic rings. The van der Waals surface area contributed by atoms with Crippen LogP contribution in [-0.2, 0) is 17.1 Å². The molecule has 0 saturated heterocycles. The Bertz CT molecular complexity index is 527. The fourth-order valence-corrected chi connectivity index (χ4v) is 1.71. The van der Waals surface area contributed by atoms with E-state index in [1.54, 1.807) is 0 Å². The smallest absolute Gasteiger partial charge is 0.00332 e. The van der Waals surface area contributed by atoms with Crippen molar-refractivity contribution in [2.75, 3.05) is 5.48 Å². The Balaban J connectivity index is 0.000000256. The summed E-state index contributed by atoms with van der Waals surface area (Å²) in [6.45, 7) is 0. The Labute approximate surface area is 123 Å². The first kappa shape index (κ1) is 15.3. The molecule has 104 valence electrons. The average Bonchev–Trinajstić information content (AvgIpc) is 3.14. The van der Waals surface area contributed by atoms with Gasteiger partial charge >= 0.3 is 0 Å². The summed E-state index contributed by atoms with van der Waals surface area (Å²) in [6, 6.07) is 25.6. The van der Waals surface area contributed by atoms with E-state index in [1.807, 2.05) is 78.9 Å². The second kappa shape index (κ2) is 8.33. The number of nitrogens with one attached hydrogen (secondary N) is 1. The molecule has 0 aliphatic heterocycles. The van der Waals surface area contributed by atoms with Gasteiger partial charge in [-0.2, -0.15) is 12.1 Å². The zero-order valence-corrected chi connectivity index (χ0v) is 11.4. The molecule has 0 bridgehead atoms. The van der Waals surface area contributed by atoms with Crippen molar-refractivity contribution in [3.8, 4) is 11.1 Å². The number of rotatable bonds is 2. The van der Waals surface area contributed by atoms with Crippen molar-refractivity contribution >= 4 is 5.69 Å². The molecule has 0 heterocycles. The Morgan fingerprint density at radius 1 is 0.842 bits per heavy atom. The molecule has 3 rings (SSSR count). The Morgan fingerprint density at radius 3 is 1.89 bits per heavy atom. The molecule has 2 N–H and O–H groups in total. The summed E-state index contributed by atoms with van der Waals surface area (Å²) in [7, 11) is 0. The number of benzene rings is 1. The number of para-hydroxylation sites is 1. The third-order valence-electron chi connectivity index (χ3n) is 2.58. The molecule has 3 heteroatoms. The van der Waals surface area contributed by atoms with Crippen molar-refractivity contribution in [1.82, 2.24) is 0 Å². The van der Waals surface area contributed by atoms with Gasteiger partial charge in [-0.1, -0.05) is 29.3 Å². The molecule has 19 heavy (non-hydrogen) atoms. The van der Waals surface area contributed by atoms with Crippen molar-refractivity contribution in [2.24, 2.45) is 0 Å². The quantitative estimate of drug-likeness (QED) is 0.420. The van der Waals surface area contributed by atoms with Crippen molar-refractivity contribution in [3.05, 3.63) is 78.9 Å². The van der Waals surface area contributed by atoms with Crippen molar-refractivity contribution in [3.63, 3.8) is 0 Å². The maximum atomic E-state index is 8.87. The second-order valence-corrected chi connectivity index (χ2v) is 3.79. The molecule has 0 unspecified atom stereocenters. The first-order valence-electron chi connectivity index (χ1n) is 5.79. The number of hydrogen-bond acceptors (Lipinski definition) is 2. The zero-order valence-electron chi connectivity index (χ0n) is 10.3.